The Morgan fingerprint density at radius 3 is 2.55 bits per heavy atom. The number of hydrogen-bond donors (Lipinski definition) is 1. The molecule has 1 aliphatic rings. The molecule has 0 bridgehead atoms. The Bertz CT molecular complexity index is 1970. The van der Waals surface area contributed by atoms with Crippen molar-refractivity contribution in [2.24, 2.45) is 0 Å². The SMILES string of the molecule is N#Cc1ccc(COc2nc(-c3ccc(Cc4nc5c(F)cc(C(=O)O)cc5n4C[C@@H]4CCO4)cc3F)ncc2F)c(F)c1. The Kier molecular flexibility index (Phi) is 7.67. The molecule has 1 fully saturated rings. The second-order valence-corrected chi connectivity index (χ2v) is 10.1. The number of ether oxygens (including phenoxy) is 2. The number of halogens is 4. The summed E-state index contributed by atoms with van der Waals surface area (Å²) in [6.07, 6.45) is 1.51. The van der Waals surface area contributed by atoms with Gasteiger partial charge in [0.1, 0.15) is 29.6 Å². The molecule has 1 aliphatic heterocycles. The van der Waals surface area contributed by atoms with Crippen LogP contribution in [0.5, 0.6) is 5.88 Å². The standard InChI is InChI=1S/C31H21F4N5O4/c32-22-8-17(12-36)1-3-18(22)15-44-30-25(35)13-37-29(39-30)21-4-2-16(7-23(21)33)9-27-38-28-24(34)10-19(31(41)42)11-26(28)40(27)14-20-5-6-43-20/h1-4,7-8,10-11,13,20H,5-6,9,14-15H2,(H,41,42)/t20-/m0/s1. The van der Waals surface area contributed by atoms with Gasteiger partial charge in [-0.05, 0) is 48.4 Å². The van der Waals surface area contributed by atoms with Gasteiger partial charge in [0.2, 0.25) is 5.82 Å². The van der Waals surface area contributed by atoms with E-state index in [1.165, 1.54) is 30.3 Å². The summed E-state index contributed by atoms with van der Waals surface area (Å²) in [4.78, 5) is 23.8. The van der Waals surface area contributed by atoms with E-state index in [9.17, 15) is 23.1 Å². The highest BCUT2D eigenvalue weighted by Gasteiger charge is 2.24. The van der Waals surface area contributed by atoms with Gasteiger partial charge in [-0.2, -0.15) is 14.6 Å². The molecule has 6 rings (SSSR count). The van der Waals surface area contributed by atoms with Crippen molar-refractivity contribution in [1.82, 2.24) is 19.5 Å². The summed E-state index contributed by atoms with van der Waals surface area (Å²) < 4.78 is 71.4. The molecular formula is C31H21F4N5O4. The lowest BCUT2D eigenvalue weighted by Gasteiger charge is -2.27. The van der Waals surface area contributed by atoms with E-state index in [0.29, 0.717) is 24.5 Å². The van der Waals surface area contributed by atoms with Crippen LogP contribution in [0.15, 0.2) is 54.7 Å². The van der Waals surface area contributed by atoms with E-state index in [1.807, 2.05) is 6.07 Å². The van der Waals surface area contributed by atoms with Crippen LogP contribution >= 0.6 is 0 Å². The number of aromatic carboxylic acids is 1. The lowest BCUT2D eigenvalue weighted by molar-refractivity contribution is -0.0589. The van der Waals surface area contributed by atoms with E-state index < -0.39 is 41.7 Å². The number of carbonyl (C=O) groups is 1. The molecule has 3 aromatic carbocycles. The van der Waals surface area contributed by atoms with Crippen LogP contribution < -0.4 is 4.74 Å². The van der Waals surface area contributed by atoms with Crippen LogP contribution in [0, 0.1) is 34.6 Å². The van der Waals surface area contributed by atoms with Gasteiger partial charge < -0.3 is 19.1 Å². The second kappa shape index (κ2) is 11.7. The molecule has 222 valence electrons. The highest BCUT2D eigenvalue weighted by atomic mass is 19.1. The first-order valence-corrected chi connectivity index (χ1v) is 13.4. The number of imidazole rings is 1. The number of aromatic nitrogens is 4. The second-order valence-electron chi connectivity index (χ2n) is 10.1. The maximum Gasteiger partial charge on any atom is 0.335 e. The number of rotatable bonds is 9. The van der Waals surface area contributed by atoms with Crippen LogP contribution in [0.25, 0.3) is 22.4 Å². The highest BCUT2D eigenvalue weighted by Crippen LogP contribution is 2.28. The predicted octanol–water partition coefficient (Wildman–Crippen LogP) is 5.58. The average molecular weight is 604 g/mol. The molecular weight excluding hydrogens is 582 g/mol. The van der Waals surface area contributed by atoms with Crippen LogP contribution in [0.2, 0.25) is 0 Å². The fraction of sp³-hybridized carbons (Fsp3) is 0.194. The Morgan fingerprint density at radius 2 is 1.86 bits per heavy atom. The maximum atomic E-state index is 15.4. The summed E-state index contributed by atoms with van der Waals surface area (Å²) in [6, 6.07) is 12.0. The van der Waals surface area contributed by atoms with Crippen molar-refractivity contribution in [3.05, 3.63) is 106 Å². The third-order valence-corrected chi connectivity index (χ3v) is 7.21. The van der Waals surface area contributed by atoms with Gasteiger partial charge >= 0.3 is 5.97 Å². The van der Waals surface area contributed by atoms with Crippen molar-refractivity contribution in [3.8, 4) is 23.3 Å². The zero-order valence-corrected chi connectivity index (χ0v) is 22.7. The number of fused-ring (bicyclic) bond motifs is 1. The highest BCUT2D eigenvalue weighted by molar-refractivity contribution is 5.92. The molecule has 1 saturated heterocycles. The summed E-state index contributed by atoms with van der Waals surface area (Å²) in [5.41, 5.74) is 0.644. The van der Waals surface area contributed by atoms with E-state index in [0.717, 1.165) is 24.8 Å². The van der Waals surface area contributed by atoms with Crippen LogP contribution in [0.4, 0.5) is 17.6 Å². The minimum Gasteiger partial charge on any atom is -0.478 e. The molecule has 1 atom stereocenters. The zero-order valence-electron chi connectivity index (χ0n) is 22.7. The van der Waals surface area contributed by atoms with Gasteiger partial charge in [-0.15, -0.1) is 0 Å². The topological polar surface area (TPSA) is 123 Å². The van der Waals surface area contributed by atoms with Gasteiger partial charge in [-0.1, -0.05) is 12.1 Å². The van der Waals surface area contributed by atoms with Crippen molar-refractivity contribution in [1.29, 1.82) is 5.26 Å². The first-order chi connectivity index (χ1) is 21.2. The fourth-order valence-corrected chi connectivity index (χ4v) is 4.82. The lowest BCUT2D eigenvalue weighted by atomic mass is 10.1. The summed E-state index contributed by atoms with van der Waals surface area (Å²) in [5.74, 6) is -4.76. The molecule has 3 heterocycles. The molecule has 2 aromatic heterocycles. The number of benzene rings is 3. The quantitative estimate of drug-likeness (QED) is 0.217. The Balaban J connectivity index is 1.26. The van der Waals surface area contributed by atoms with Gasteiger partial charge in [0, 0.05) is 18.6 Å². The van der Waals surface area contributed by atoms with Crippen molar-refractivity contribution in [2.45, 2.75) is 32.1 Å². The van der Waals surface area contributed by atoms with Crippen molar-refractivity contribution < 1.29 is 36.9 Å². The summed E-state index contributed by atoms with van der Waals surface area (Å²) in [5, 5.41) is 18.3. The Morgan fingerprint density at radius 1 is 1.05 bits per heavy atom. The zero-order chi connectivity index (χ0) is 31.0. The summed E-state index contributed by atoms with van der Waals surface area (Å²) in [6.45, 7) is 0.500. The third-order valence-electron chi connectivity index (χ3n) is 7.21. The number of carboxylic acid groups (broad SMARTS) is 1. The minimum atomic E-state index is -1.28. The first kappa shape index (κ1) is 28.8. The van der Waals surface area contributed by atoms with Gasteiger partial charge in [0.05, 0.1) is 47.1 Å². The molecule has 0 radical (unpaired) electrons. The lowest BCUT2D eigenvalue weighted by Crippen LogP contribution is -2.31. The number of carboxylic acids is 1. The monoisotopic (exact) mass is 603 g/mol. The van der Waals surface area contributed by atoms with E-state index in [2.05, 4.69) is 15.0 Å². The molecule has 13 heteroatoms. The average Bonchev–Trinajstić information content (AvgIpc) is 3.32. The molecule has 5 aromatic rings. The molecule has 9 nitrogen and oxygen atoms in total. The predicted molar refractivity (Wildman–Crippen MR) is 147 cm³/mol. The Hall–Kier alpha value is -5.35. The summed E-state index contributed by atoms with van der Waals surface area (Å²) >= 11 is 0. The van der Waals surface area contributed by atoms with Crippen molar-refractivity contribution in [3.63, 3.8) is 0 Å². The first-order valence-electron chi connectivity index (χ1n) is 13.4. The third kappa shape index (κ3) is 5.67. The number of nitriles is 1. The molecule has 44 heavy (non-hydrogen) atoms. The number of nitrogens with zero attached hydrogens (tertiary/aromatic N) is 5. The van der Waals surface area contributed by atoms with Gasteiger partial charge in [-0.25, -0.2) is 27.9 Å². The molecule has 0 unspecified atom stereocenters. The van der Waals surface area contributed by atoms with E-state index in [1.54, 1.807) is 10.6 Å². The largest absolute Gasteiger partial charge is 0.478 e. The van der Waals surface area contributed by atoms with Gasteiger partial charge in [0.15, 0.2) is 11.6 Å². The van der Waals surface area contributed by atoms with E-state index >= 15 is 4.39 Å². The number of hydrogen-bond acceptors (Lipinski definition) is 7. The molecule has 0 aliphatic carbocycles. The maximum absolute atomic E-state index is 15.4. The molecule has 1 N–H and O–H groups in total. The van der Waals surface area contributed by atoms with Crippen molar-refractivity contribution >= 4 is 17.0 Å². The molecule has 0 amide bonds. The van der Waals surface area contributed by atoms with Gasteiger partial charge in [-0.3, -0.25) is 0 Å². The van der Waals surface area contributed by atoms with E-state index in [4.69, 9.17) is 14.7 Å². The minimum absolute atomic E-state index is 0.00505. The van der Waals surface area contributed by atoms with Crippen LogP contribution in [-0.2, 0) is 24.3 Å². The summed E-state index contributed by atoms with van der Waals surface area (Å²) in [7, 11) is 0. The van der Waals surface area contributed by atoms with Crippen LogP contribution in [0.1, 0.15) is 39.3 Å². The fourth-order valence-electron chi connectivity index (χ4n) is 4.82. The normalized spacial score (nSPS) is 14.3. The van der Waals surface area contributed by atoms with Crippen LogP contribution in [0.3, 0.4) is 0 Å². The molecule has 0 spiro atoms. The Labute approximate surface area is 247 Å². The molecule has 0 saturated carbocycles. The van der Waals surface area contributed by atoms with Crippen molar-refractivity contribution in [2.75, 3.05) is 6.61 Å². The van der Waals surface area contributed by atoms with Gasteiger partial charge in [0.25, 0.3) is 5.88 Å². The van der Waals surface area contributed by atoms with E-state index in [-0.39, 0.29) is 51.6 Å². The smallest absolute Gasteiger partial charge is 0.335 e. The van der Waals surface area contributed by atoms with Crippen LogP contribution in [-0.4, -0.2) is 43.3 Å².